The van der Waals surface area contributed by atoms with Crippen LogP contribution in [-0.4, -0.2) is 12.7 Å². The van der Waals surface area contributed by atoms with E-state index in [2.05, 4.69) is 48.6 Å². The molecule has 3 nitrogen and oxygen atoms in total. The third-order valence-electron chi connectivity index (χ3n) is 3.40. The monoisotopic (exact) mass is 329 g/mol. The molecule has 0 aromatic heterocycles. The second-order valence-corrected chi connectivity index (χ2v) is 4.95. The summed E-state index contributed by atoms with van der Waals surface area (Å²) in [5.74, 6) is 0.0490. The smallest absolute Gasteiger partial charge is 0.224 e. The van der Waals surface area contributed by atoms with E-state index in [-0.39, 0.29) is 7.33 Å². The molecule has 24 heavy (non-hydrogen) atoms. The Labute approximate surface area is 147 Å². The summed E-state index contributed by atoms with van der Waals surface area (Å²) < 4.78 is 0. The Morgan fingerprint density at radius 1 is 0.875 bits per heavy atom. The fourth-order valence-electron chi connectivity index (χ4n) is 2.08. The average Bonchev–Trinajstić information content (AvgIpc) is 2.67. The first-order valence-electron chi connectivity index (χ1n) is 8.46. The van der Waals surface area contributed by atoms with Crippen LogP contribution in [0.3, 0.4) is 0 Å². The van der Waals surface area contributed by atoms with Gasteiger partial charge in [0, 0.05) is 13.5 Å². The molecule has 0 heterocycles. The highest BCUT2D eigenvalue weighted by atomic mass is 16.1. The fourth-order valence-corrected chi connectivity index (χ4v) is 2.08. The zero-order valence-electron chi connectivity index (χ0n) is 15.3. The first-order chi connectivity index (χ1) is 11.7. The van der Waals surface area contributed by atoms with Crippen LogP contribution in [0, 0.1) is 0 Å². The van der Waals surface area contributed by atoms with Gasteiger partial charge in [-0.2, -0.15) is 0 Å². The molecule has 0 unspecified atom stereocenters. The maximum atomic E-state index is 11.3. The SMILES string of the molecule is C=O.CC.CCC(=O)Nc1ccc(Cc2ccc(CC)cc2)cc1.[HH]. The van der Waals surface area contributed by atoms with Crippen molar-refractivity contribution in [3.63, 3.8) is 0 Å². The van der Waals surface area contributed by atoms with E-state index in [1.807, 2.05) is 39.7 Å². The summed E-state index contributed by atoms with van der Waals surface area (Å²) in [6, 6.07) is 16.8. The molecule has 0 saturated heterocycles. The molecule has 0 fully saturated rings. The quantitative estimate of drug-likeness (QED) is 0.811. The minimum atomic E-state index is 0. The predicted molar refractivity (Wildman–Crippen MR) is 105 cm³/mol. The lowest BCUT2D eigenvalue weighted by Gasteiger charge is -2.06. The lowest BCUT2D eigenvalue weighted by atomic mass is 10.0. The molecular weight excluding hydrogens is 298 g/mol. The van der Waals surface area contributed by atoms with Crippen molar-refractivity contribution in [2.24, 2.45) is 0 Å². The first-order valence-corrected chi connectivity index (χ1v) is 8.46. The van der Waals surface area contributed by atoms with Crippen molar-refractivity contribution in [2.75, 3.05) is 5.32 Å². The van der Waals surface area contributed by atoms with Crippen molar-refractivity contribution in [1.82, 2.24) is 0 Å². The number of nitrogens with one attached hydrogen (secondary N) is 1. The Morgan fingerprint density at radius 2 is 1.29 bits per heavy atom. The standard InChI is InChI=1S/C18H21NO.C2H6.CH2O.H2/c1-3-14-5-7-15(8-6-14)13-16-9-11-17(12-10-16)19-18(20)4-2;2*1-2;/h5-12H,3-4,13H2,1-2H3,(H,19,20);1-2H3;1H2;1H. The van der Waals surface area contributed by atoms with Gasteiger partial charge in [-0.05, 0) is 41.7 Å². The minimum Gasteiger partial charge on any atom is -0.326 e. The van der Waals surface area contributed by atoms with Crippen molar-refractivity contribution >= 4 is 18.4 Å². The van der Waals surface area contributed by atoms with Crippen molar-refractivity contribution in [3.05, 3.63) is 65.2 Å². The molecule has 2 aromatic rings. The number of carbonyl (C=O) groups is 2. The van der Waals surface area contributed by atoms with Gasteiger partial charge >= 0.3 is 0 Å². The van der Waals surface area contributed by atoms with Crippen LogP contribution in [0.4, 0.5) is 5.69 Å². The largest absolute Gasteiger partial charge is 0.326 e. The van der Waals surface area contributed by atoms with Gasteiger partial charge in [0.05, 0.1) is 0 Å². The second-order valence-electron chi connectivity index (χ2n) is 4.95. The fraction of sp³-hybridized carbons (Fsp3) is 0.333. The number of hydrogen-bond donors (Lipinski definition) is 1. The van der Waals surface area contributed by atoms with Gasteiger partial charge < -0.3 is 10.1 Å². The van der Waals surface area contributed by atoms with E-state index in [9.17, 15) is 4.79 Å². The van der Waals surface area contributed by atoms with Crippen LogP contribution in [0.5, 0.6) is 0 Å². The molecule has 0 saturated carbocycles. The number of benzene rings is 2. The predicted octanol–water partition coefficient (Wildman–Crippen LogP) is 5.28. The van der Waals surface area contributed by atoms with E-state index in [1.165, 1.54) is 16.7 Å². The topological polar surface area (TPSA) is 46.2 Å². The van der Waals surface area contributed by atoms with Gasteiger partial charge in [-0.25, -0.2) is 0 Å². The number of carbonyl (C=O) groups excluding carboxylic acids is 2. The van der Waals surface area contributed by atoms with Crippen LogP contribution in [0.15, 0.2) is 48.5 Å². The Bertz CT molecular complexity index is 580. The molecular formula is C21H31NO2. The molecule has 2 rings (SSSR count). The zero-order chi connectivity index (χ0) is 18.4. The summed E-state index contributed by atoms with van der Waals surface area (Å²) in [7, 11) is 0. The lowest BCUT2D eigenvalue weighted by molar-refractivity contribution is -0.115. The van der Waals surface area contributed by atoms with Crippen molar-refractivity contribution < 1.29 is 11.0 Å². The third kappa shape index (κ3) is 7.73. The molecule has 0 aliphatic heterocycles. The molecule has 0 spiro atoms. The summed E-state index contributed by atoms with van der Waals surface area (Å²) in [6.45, 7) is 10.0. The number of amides is 1. The molecule has 0 aliphatic carbocycles. The summed E-state index contributed by atoms with van der Waals surface area (Å²) >= 11 is 0. The second kappa shape index (κ2) is 13.1. The maximum Gasteiger partial charge on any atom is 0.224 e. The van der Waals surface area contributed by atoms with E-state index in [0.29, 0.717) is 6.42 Å². The van der Waals surface area contributed by atoms with E-state index >= 15 is 0 Å². The number of anilines is 1. The van der Waals surface area contributed by atoms with E-state index in [0.717, 1.165) is 18.5 Å². The zero-order valence-corrected chi connectivity index (χ0v) is 15.3. The van der Waals surface area contributed by atoms with Crippen molar-refractivity contribution in [2.45, 2.75) is 47.0 Å². The van der Waals surface area contributed by atoms with Gasteiger partial charge in [0.1, 0.15) is 6.79 Å². The van der Waals surface area contributed by atoms with Crippen molar-refractivity contribution in [1.29, 1.82) is 0 Å². The first kappa shape index (κ1) is 21.6. The molecule has 2 aromatic carbocycles. The van der Waals surface area contributed by atoms with Gasteiger partial charge in [-0.15, -0.1) is 0 Å². The molecule has 3 heteroatoms. The van der Waals surface area contributed by atoms with Crippen LogP contribution in [0.1, 0.15) is 52.2 Å². The number of aryl methyl sites for hydroxylation is 1. The van der Waals surface area contributed by atoms with Gasteiger partial charge in [-0.3, -0.25) is 4.79 Å². The third-order valence-corrected chi connectivity index (χ3v) is 3.40. The van der Waals surface area contributed by atoms with Crippen molar-refractivity contribution in [3.8, 4) is 0 Å². The maximum absolute atomic E-state index is 11.3. The Morgan fingerprint density at radius 3 is 1.71 bits per heavy atom. The van der Waals surface area contributed by atoms with E-state index < -0.39 is 0 Å². The minimum absolute atomic E-state index is 0. The Balaban J connectivity index is 0. The van der Waals surface area contributed by atoms with Crippen LogP contribution in [0.2, 0.25) is 0 Å². The summed E-state index contributed by atoms with van der Waals surface area (Å²) in [5.41, 5.74) is 4.80. The number of rotatable bonds is 5. The van der Waals surface area contributed by atoms with E-state index in [4.69, 9.17) is 4.79 Å². The van der Waals surface area contributed by atoms with Gasteiger partial charge in [0.15, 0.2) is 0 Å². The Kier molecular flexibility index (Phi) is 11.7. The molecule has 0 bridgehead atoms. The normalized spacial score (nSPS) is 9.00. The molecule has 1 N–H and O–H groups in total. The van der Waals surface area contributed by atoms with Crippen LogP contribution in [-0.2, 0) is 22.4 Å². The highest BCUT2D eigenvalue weighted by Gasteiger charge is 2.00. The summed E-state index contributed by atoms with van der Waals surface area (Å²) in [5, 5.41) is 2.86. The van der Waals surface area contributed by atoms with Crippen LogP contribution in [0.25, 0.3) is 0 Å². The summed E-state index contributed by atoms with van der Waals surface area (Å²) in [6.07, 6.45) is 2.50. The lowest BCUT2D eigenvalue weighted by Crippen LogP contribution is -2.09. The molecule has 1 amide bonds. The average molecular weight is 329 g/mol. The van der Waals surface area contributed by atoms with Gasteiger partial charge in [0.2, 0.25) is 5.91 Å². The van der Waals surface area contributed by atoms with Gasteiger partial charge in [-0.1, -0.05) is 64.1 Å². The van der Waals surface area contributed by atoms with E-state index in [1.54, 1.807) is 0 Å². The summed E-state index contributed by atoms with van der Waals surface area (Å²) in [4.78, 5) is 19.3. The highest BCUT2D eigenvalue weighted by Crippen LogP contribution is 2.14. The number of hydrogen-bond acceptors (Lipinski definition) is 2. The highest BCUT2D eigenvalue weighted by molar-refractivity contribution is 5.90. The van der Waals surface area contributed by atoms with Gasteiger partial charge in [0.25, 0.3) is 0 Å². The molecule has 0 atom stereocenters. The van der Waals surface area contributed by atoms with Crippen LogP contribution >= 0.6 is 0 Å². The van der Waals surface area contributed by atoms with Crippen LogP contribution < -0.4 is 5.32 Å². The molecule has 0 radical (unpaired) electrons. The molecule has 0 aliphatic rings. The Hall–Kier alpha value is -2.42. The molecule has 132 valence electrons.